The largest absolute Gasteiger partial charge is 0.487 e. The molecule has 0 atom stereocenters. The van der Waals surface area contributed by atoms with E-state index < -0.39 is 0 Å². The van der Waals surface area contributed by atoms with E-state index in [-0.39, 0.29) is 5.60 Å². The Balaban J connectivity index is 1.68. The van der Waals surface area contributed by atoms with Crippen LogP contribution in [0.2, 0.25) is 0 Å². The third kappa shape index (κ3) is 2.61. The molecule has 0 fully saturated rings. The van der Waals surface area contributed by atoms with Crippen LogP contribution in [0.1, 0.15) is 30.8 Å². The molecule has 0 bridgehead atoms. The van der Waals surface area contributed by atoms with Crippen molar-refractivity contribution in [2.75, 3.05) is 0 Å². The van der Waals surface area contributed by atoms with Gasteiger partial charge in [-0.1, -0.05) is 18.2 Å². The molecule has 1 aliphatic rings. The molecule has 2 heterocycles. The van der Waals surface area contributed by atoms with Crippen LogP contribution < -0.4 is 10.1 Å². The Morgan fingerprint density at radius 3 is 3.05 bits per heavy atom. The maximum atomic E-state index is 6.04. The summed E-state index contributed by atoms with van der Waals surface area (Å²) in [4.78, 5) is 4.08. The quantitative estimate of drug-likeness (QED) is 0.878. The number of hydrogen-bond acceptors (Lipinski definition) is 4. The van der Waals surface area contributed by atoms with Gasteiger partial charge in [-0.3, -0.25) is 5.10 Å². The van der Waals surface area contributed by atoms with Crippen LogP contribution in [0.25, 0.3) is 0 Å². The summed E-state index contributed by atoms with van der Waals surface area (Å²) in [6.45, 7) is 5.68. The van der Waals surface area contributed by atoms with Crippen molar-refractivity contribution in [3.63, 3.8) is 0 Å². The minimum Gasteiger partial charge on any atom is -0.487 e. The molecule has 1 aromatic carbocycles. The van der Waals surface area contributed by atoms with Crippen molar-refractivity contribution in [3.05, 3.63) is 41.5 Å². The molecule has 0 spiro atoms. The van der Waals surface area contributed by atoms with Gasteiger partial charge in [0, 0.05) is 18.5 Å². The van der Waals surface area contributed by atoms with Crippen molar-refractivity contribution in [3.8, 4) is 5.75 Å². The third-order valence-electron chi connectivity index (χ3n) is 3.25. The van der Waals surface area contributed by atoms with Crippen molar-refractivity contribution in [1.29, 1.82) is 0 Å². The number of H-pyrrole nitrogens is 1. The van der Waals surface area contributed by atoms with Crippen LogP contribution in [0.15, 0.2) is 24.5 Å². The summed E-state index contributed by atoms with van der Waals surface area (Å²) in [6.07, 6.45) is 2.49. The zero-order chi connectivity index (χ0) is 13.3. The van der Waals surface area contributed by atoms with Gasteiger partial charge in [-0.15, -0.1) is 0 Å². The Kier molecular flexibility index (Phi) is 2.98. The second-order valence-corrected chi connectivity index (χ2v) is 5.48. The first-order valence-electron chi connectivity index (χ1n) is 6.49. The highest BCUT2D eigenvalue weighted by Gasteiger charge is 2.31. The van der Waals surface area contributed by atoms with Crippen LogP contribution >= 0.6 is 0 Å². The molecule has 19 heavy (non-hydrogen) atoms. The molecule has 5 heteroatoms. The molecule has 5 nitrogen and oxygen atoms in total. The Morgan fingerprint density at radius 1 is 1.37 bits per heavy atom. The van der Waals surface area contributed by atoms with E-state index in [1.54, 1.807) is 0 Å². The van der Waals surface area contributed by atoms with Gasteiger partial charge < -0.3 is 10.1 Å². The highest BCUT2D eigenvalue weighted by atomic mass is 16.5. The smallest absolute Gasteiger partial charge is 0.138 e. The van der Waals surface area contributed by atoms with E-state index in [2.05, 4.69) is 52.5 Å². The van der Waals surface area contributed by atoms with Gasteiger partial charge in [-0.25, -0.2) is 4.98 Å². The number of hydrogen-bond donors (Lipinski definition) is 2. The summed E-state index contributed by atoms with van der Waals surface area (Å²) in [5, 5.41) is 10.0. The van der Waals surface area contributed by atoms with E-state index >= 15 is 0 Å². The highest BCUT2D eigenvalue weighted by molar-refractivity contribution is 5.45. The maximum absolute atomic E-state index is 6.04. The number of ether oxygens (including phenoxy) is 1. The zero-order valence-corrected chi connectivity index (χ0v) is 11.2. The van der Waals surface area contributed by atoms with Gasteiger partial charge in [-0.2, -0.15) is 5.10 Å². The van der Waals surface area contributed by atoms with Crippen molar-refractivity contribution in [2.24, 2.45) is 0 Å². The number of rotatable bonds is 4. The summed E-state index contributed by atoms with van der Waals surface area (Å²) in [5.41, 5.74) is 2.40. The fourth-order valence-corrected chi connectivity index (χ4v) is 2.45. The van der Waals surface area contributed by atoms with E-state index in [1.165, 1.54) is 17.5 Å². The van der Waals surface area contributed by atoms with Crippen molar-refractivity contribution >= 4 is 0 Å². The molecular formula is C14H18N4O. The van der Waals surface area contributed by atoms with Gasteiger partial charge in [0.15, 0.2) is 0 Å². The monoisotopic (exact) mass is 258 g/mol. The molecule has 100 valence electrons. The molecule has 3 rings (SSSR count). The van der Waals surface area contributed by atoms with E-state index in [4.69, 9.17) is 4.74 Å². The van der Waals surface area contributed by atoms with Crippen LogP contribution in [-0.4, -0.2) is 20.8 Å². The van der Waals surface area contributed by atoms with Crippen molar-refractivity contribution in [1.82, 2.24) is 20.5 Å². The molecule has 1 aliphatic heterocycles. The van der Waals surface area contributed by atoms with Gasteiger partial charge in [-0.05, 0) is 19.4 Å². The number of nitrogens with one attached hydrogen (secondary N) is 2. The van der Waals surface area contributed by atoms with Crippen molar-refractivity contribution < 1.29 is 4.74 Å². The standard InChI is InChI=1S/C14H18N4O/c1-14(2)6-10-4-3-5-11(13(10)19-14)7-15-8-12-16-9-17-18-12/h3-5,9,15H,6-8H2,1-2H3,(H,16,17,18). The van der Waals surface area contributed by atoms with Crippen LogP contribution in [0.5, 0.6) is 5.75 Å². The Hall–Kier alpha value is -1.88. The van der Waals surface area contributed by atoms with E-state index in [0.717, 1.165) is 24.5 Å². The number of benzene rings is 1. The summed E-state index contributed by atoms with van der Waals surface area (Å²) >= 11 is 0. The molecule has 1 aromatic heterocycles. The predicted molar refractivity (Wildman–Crippen MR) is 71.8 cm³/mol. The Labute approximate surface area is 112 Å². The van der Waals surface area contributed by atoms with Crippen LogP contribution in [0, 0.1) is 0 Å². The fraction of sp³-hybridized carbons (Fsp3) is 0.429. The highest BCUT2D eigenvalue weighted by Crippen LogP contribution is 2.37. The first kappa shape index (κ1) is 12.2. The average Bonchev–Trinajstić information content (AvgIpc) is 2.95. The molecule has 2 aromatic rings. The lowest BCUT2D eigenvalue weighted by molar-refractivity contribution is 0.137. The first-order valence-corrected chi connectivity index (χ1v) is 6.49. The summed E-state index contributed by atoms with van der Waals surface area (Å²) in [5.74, 6) is 1.88. The summed E-state index contributed by atoms with van der Waals surface area (Å²) < 4.78 is 6.04. The number of para-hydroxylation sites is 1. The Morgan fingerprint density at radius 2 is 2.26 bits per heavy atom. The van der Waals surface area contributed by atoms with Crippen molar-refractivity contribution in [2.45, 2.75) is 39.0 Å². The predicted octanol–water partition coefficient (Wildman–Crippen LogP) is 1.81. The molecular weight excluding hydrogens is 240 g/mol. The zero-order valence-electron chi connectivity index (χ0n) is 11.2. The van der Waals surface area contributed by atoms with E-state index in [1.807, 2.05) is 0 Å². The van der Waals surface area contributed by atoms with Gasteiger partial charge >= 0.3 is 0 Å². The lowest BCUT2D eigenvalue weighted by Gasteiger charge is -2.18. The number of aromatic nitrogens is 3. The van der Waals surface area contributed by atoms with Gasteiger partial charge in [0.25, 0.3) is 0 Å². The molecule has 0 unspecified atom stereocenters. The first-order chi connectivity index (χ1) is 9.14. The number of fused-ring (bicyclic) bond motifs is 1. The maximum Gasteiger partial charge on any atom is 0.138 e. The van der Waals surface area contributed by atoms with Gasteiger partial charge in [0.05, 0.1) is 6.54 Å². The SMILES string of the molecule is CC1(C)Cc2cccc(CNCc3ncn[nH]3)c2O1. The van der Waals surface area contributed by atoms with Crippen LogP contribution in [0.4, 0.5) is 0 Å². The molecule has 0 saturated heterocycles. The number of aromatic amines is 1. The molecule has 0 amide bonds. The summed E-state index contributed by atoms with van der Waals surface area (Å²) in [6, 6.07) is 6.34. The minimum atomic E-state index is -0.0939. The third-order valence-corrected chi connectivity index (χ3v) is 3.25. The normalized spacial score (nSPS) is 16.1. The molecule has 0 radical (unpaired) electrons. The van der Waals surface area contributed by atoms with Gasteiger partial charge in [0.2, 0.25) is 0 Å². The summed E-state index contributed by atoms with van der Waals surface area (Å²) in [7, 11) is 0. The lowest BCUT2D eigenvalue weighted by atomic mass is 10.0. The molecule has 2 N–H and O–H groups in total. The molecule has 0 aliphatic carbocycles. The van der Waals surface area contributed by atoms with E-state index in [9.17, 15) is 0 Å². The average molecular weight is 258 g/mol. The Bertz CT molecular complexity index is 563. The number of nitrogens with zero attached hydrogens (tertiary/aromatic N) is 2. The second kappa shape index (κ2) is 4.66. The second-order valence-electron chi connectivity index (χ2n) is 5.48. The van der Waals surface area contributed by atoms with Crippen LogP contribution in [-0.2, 0) is 19.5 Å². The molecule has 0 saturated carbocycles. The van der Waals surface area contributed by atoms with Crippen LogP contribution in [0.3, 0.4) is 0 Å². The van der Waals surface area contributed by atoms with E-state index in [0.29, 0.717) is 6.54 Å². The topological polar surface area (TPSA) is 62.8 Å². The minimum absolute atomic E-state index is 0.0939. The van der Waals surface area contributed by atoms with Gasteiger partial charge in [0.1, 0.15) is 23.5 Å². The lowest BCUT2D eigenvalue weighted by Crippen LogP contribution is -2.25. The fourth-order valence-electron chi connectivity index (χ4n) is 2.45.